The maximum atomic E-state index is 13.7. The molecule has 0 aromatic heterocycles. The van der Waals surface area contributed by atoms with Crippen LogP contribution in [0.5, 0.6) is 0 Å². The van der Waals surface area contributed by atoms with Gasteiger partial charge in [0.1, 0.15) is 23.2 Å². The number of carbonyl (C=O) groups excluding carboxylic acids is 4. The van der Waals surface area contributed by atoms with Gasteiger partial charge in [0.2, 0.25) is 23.3 Å². The Balaban J connectivity index is 1.58. The summed E-state index contributed by atoms with van der Waals surface area (Å²) in [7, 11) is -3.84. The second-order valence-electron chi connectivity index (χ2n) is 12.1. The highest BCUT2D eigenvalue weighted by atomic mass is 32.2. The van der Waals surface area contributed by atoms with Gasteiger partial charge in [0, 0.05) is 18.9 Å². The van der Waals surface area contributed by atoms with Gasteiger partial charge >= 0.3 is 6.09 Å². The number of ether oxygens (including phenoxy) is 1. The fraction of sp³-hybridized carbons (Fsp3) is 0.769. The minimum absolute atomic E-state index is 0.0127. The molecule has 0 aromatic rings. The number of aliphatic hydroxyl groups excluding tert-OH is 1. The number of amides is 4. The Morgan fingerprint density at radius 2 is 1.95 bits per heavy atom. The van der Waals surface area contributed by atoms with Crippen LogP contribution in [0.15, 0.2) is 12.2 Å². The van der Waals surface area contributed by atoms with Crippen molar-refractivity contribution in [2.24, 2.45) is 5.92 Å². The molecule has 0 spiro atoms. The van der Waals surface area contributed by atoms with Gasteiger partial charge in [0.25, 0.3) is 5.91 Å². The molecule has 2 saturated carbocycles. The molecular weight excluding hydrogens is 528 g/mol. The zero-order valence-electron chi connectivity index (χ0n) is 23.7. The average Bonchev–Trinajstić information content (AvgIpc) is 3.77. The van der Waals surface area contributed by atoms with Crippen molar-refractivity contribution in [1.29, 1.82) is 1.43 Å². The van der Waals surface area contributed by atoms with Crippen LogP contribution < -0.4 is 15.4 Å². The molecule has 12 nitrogen and oxygen atoms in total. The van der Waals surface area contributed by atoms with Crippen LogP contribution in [0.4, 0.5) is 4.79 Å². The van der Waals surface area contributed by atoms with E-state index in [9.17, 15) is 27.6 Å². The molecule has 0 aromatic carbocycles. The lowest BCUT2D eigenvalue weighted by Crippen LogP contribution is -2.58. The quantitative estimate of drug-likeness (QED) is 0.352. The lowest BCUT2D eigenvalue weighted by molar-refractivity contribution is -0.141. The van der Waals surface area contributed by atoms with Crippen molar-refractivity contribution in [3.63, 3.8) is 0 Å². The summed E-state index contributed by atoms with van der Waals surface area (Å²) in [6.45, 7) is 5.08. The van der Waals surface area contributed by atoms with Crippen LogP contribution >= 0.6 is 0 Å². The van der Waals surface area contributed by atoms with Crippen LogP contribution in [0.1, 0.15) is 78.6 Å². The van der Waals surface area contributed by atoms with E-state index < -0.39 is 74.3 Å². The number of allylic oxidation sites excluding steroid dienone is 1. The van der Waals surface area contributed by atoms with E-state index in [4.69, 9.17) is 11.3 Å². The molecule has 4 rings (SSSR count). The molecule has 0 bridgehead atoms. The molecule has 3 fully saturated rings. The minimum atomic E-state index is -3.84. The van der Waals surface area contributed by atoms with E-state index in [1.54, 1.807) is 20.8 Å². The van der Waals surface area contributed by atoms with Crippen molar-refractivity contribution in [3.8, 4) is 0 Å². The molecule has 4 amide bonds. The standard InChI is InChI=1S/C26H40N4O8S/c1-25(2,3)38-24(35)27-19-10-8-6-4-5-7-9-16-14-26(16,23(34)29-39(36,37)18-11-12-18)28-21(32)20-13-17(31)15-30(20)22(19)33/h7,9,16-20,31H,4-6,8,10-15H2,1-3H3,(H,27,35)(H,28,32)(H,29,34)/t16-,17-,19+,20+,26-/m1/s1/i31T. The number of fused-ring (bicyclic) bond motifs is 2. The molecule has 0 radical (unpaired) electrons. The third-order valence-electron chi connectivity index (χ3n) is 7.53. The van der Waals surface area contributed by atoms with Crippen molar-refractivity contribution in [1.82, 2.24) is 20.3 Å². The highest BCUT2D eigenvalue weighted by Crippen LogP contribution is 2.46. The van der Waals surface area contributed by atoms with Gasteiger partial charge in [-0.05, 0) is 59.3 Å². The van der Waals surface area contributed by atoms with Crippen LogP contribution in [0.25, 0.3) is 0 Å². The van der Waals surface area contributed by atoms with Crippen molar-refractivity contribution in [2.45, 2.75) is 113 Å². The Morgan fingerprint density at radius 3 is 2.62 bits per heavy atom. The number of sulfonamides is 1. The summed E-state index contributed by atoms with van der Waals surface area (Å²) in [5, 5.41) is 9.53. The van der Waals surface area contributed by atoms with Crippen LogP contribution in [-0.4, -0.2) is 84.8 Å². The van der Waals surface area contributed by atoms with Crippen molar-refractivity contribution in [3.05, 3.63) is 12.2 Å². The van der Waals surface area contributed by atoms with Crippen LogP contribution in [0.3, 0.4) is 0 Å². The van der Waals surface area contributed by atoms with Crippen molar-refractivity contribution < 1.29 is 37.4 Å². The number of aliphatic hydroxyl groups is 1. The summed E-state index contributed by atoms with van der Waals surface area (Å²) in [6, 6.07) is -2.05. The molecule has 218 valence electrons. The first-order chi connectivity index (χ1) is 18.8. The maximum Gasteiger partial charge on any atom is 0.408 e. The topological polar surface area (TPSA) is 171 Å². The molecule has 2 heterocycles. The van der Waals surface area contributed by atoms with Crippen LogP contribution in [0, 0.1) is 5.92 Å². The summed E-state index contributed by atoms with van der Waals surface area (Å²) in [6.07, 6.45) is 6.71. The number of hydrogen-bond donors (Lipinski definition) is 4. The maximum absolute atomic E-state index is 13.7. The molecule has 39 heavy (non-hydrogen) atoms. The first-order valence-electron chi connectivity index (χ1n) is 14.1. The second kappa shape index (κ2) is 11.1. The molecule has 1 saturated heterocycles. The molecule has 2 aliphatic heterocycles. The molecule has 5 atom stereocenters. The van der Waals surface area contributed by atoms with Gasteiger partial charge in [-0.25, -0.2) is 13.2 Å². The molecule has 13 heteroatoms. The third-order valence-corrected chi connectivity index (χ3v) is 9.35. The lowest BCUT2D eigenvalue weighted by atomic mass is 10.0. The SMILES string of the molecule is [3H]O[C@@H]1C[C@H]2C(=O)N[C@]3(C(=O)NS(=O)(=O)C4CC4)C[C@H]3C=CCCCCC[C@H](NC(=O)OC(C)(C)C)C(=O)N2C1. The second-order valence-corrected chi connectivity index (χ2v) is 14.0. The Morgan fingerprint density at radius 1 is 1.21 bits per heavy atom. The van der Waals surface area contributed by atoms with Crippen molar-refractivity contribution >= 4 is 33.8 Å². The van der Waals surface area contributed by atoms with E-state index in [0.717, 1.165) is 12.8 Å². The Hall–Kier alpha value is -2.67. The van der Waals surface area contributed by atoms with Crippen LogP contribution in [0.2, 0.25) is 0 Å². The van der Waals surface area contributed by atoms with E-state index in [1.165, 1.54) is 4.90 Å². The fourth-order valence-corrected chi connectivity index (χ4v) is 6.58. The number of alkyl carbamates (subject to hydrolysis) is 1. The molecule has 4 aliphatic rings. The molecule has 4 N–H and O–H groups in total. The van der Waals surface area contributed by atoms with E-state index in [1.807, 2.05) is 12.2 Å². The first-order valence-corrected chi connectivity index (χ1v) is 15.3. The zero-order valence-corrected chi connectivity index (χ0v) is 23.6. The summed E-state index contributed by atoms with van der Waals surface area (Å²) in [5.74, 6) is -2.35. The van der Waals surface area contributed by atoms with Gasteiger partial charge in [-0.3, -0.25) is 19.1 Å². The van der Waals surface area contributed by atoms with Gasteiger partial charge in [-0.1, -0.05) is 25.0 Å². The number of nitrogens with one attached hydrogen (secondary N) is 3. The van der Waals surface area contributed by atoms with Gasteiger partial charge in [0.05, 0.1) is 11.4 Å². The van der Waals surface area contributed by atoms with Gasteiger partial charge < -0.3 is 25.4 Å². The summed E-state index contributed by atoms with van der Waals surface area (Å²) in [5.41, 5.74) is -2.24. The number of carbonyl (C=O) groups is 4. The number of hydrogen-bond acceptors (Lipinski definition) is 8. The first kappa shape index (κ1) is 27.9. The Bertz CT molecular complexity index is 1150. The molecular formula is C26H40N4O8S. The number of nitrogens with zero attached hydrogens (tertiary/aromatic N) is 1. The van der Waals surface area contributed by atoms with Gasteiger partial charge in [0.15, 0.2) is 0 Å². The Kier molecular flexibility index (Phi) is 7.91. The number of rotatable bonds is 5. The smallest absolute Gasteiger partial charge is 0.408 e. The molecule has 2 aliphatic carbocycles. The van der Waals surface area contributed by atoms with E-state index in [0.29, 0.717) is 32.1 Å². The highest BCUT2D eigenvalue weighted by Gasteiger charge is 2.62. The van der Waals surface area contributed by atoms with Crippen molar-refractivity contribution in [2.75, 3.05) is 6.54 Å². The Labute approximate surface area is 230 Å². The third kappa shape index (κ3) is 7.10. The normalized spacial score (nSPS) is 32.5. The molecule has 0 unspecified atom stereocenters. The van der Waals surface area contributed by atoms with Gasteiger partial charge in [-0.2, -0.15) is 0 Å². The summed E-state index contributed by atoms with van der Waals surface area (Å²) < 4.78 is 39.9. The largest absolute Gasteiger partial charge is 0.444 e. The minimum Gasteiger partial charge on any atom is -0.444 e. The lowest BCUT2D eigenvalue weighted by Gasteiger charge is -2.30. The van der Waals surface area contributed by atoms with Gasteiger partial charge in [-0.15, -0.1) is 0 Å². The average molecular weight is 571 g/mol. The van der Waals surface area contributed by atoms with Crippen LogP contribution in [-0.2, 0) is 29.1 Å². The summed E-state index contributed by atoms with van der Waals surface area (Å²) >= 11 is 0. The predicted octanol–water partition coefficient (Wildman–Crippen LogP) is 0.845. The van der Waals surface area contributed by atoms with E-state index in [2.05, 4.69) is 15.4 Å². The van der Waals surface area contributed by atoms with E-state index >= 15 is 0 Å². The predicted molar refractivity (Wildman–Crippen MR) is 141 cm³/mol. The highest BCUT2D eigenvalue weighted by molar-refractivity contribution is 7.91. The summed E-state index contributed by atoms with van der Waals surface area (Å²) in [4.78, 5) is 54.5. The monoisotopic (exact) mass is 570 g/mol. The van der Waals surface area contributed by atoms with E-state index in [-0.39, 0.29) is 19.4 Å². The fourth-order valence-electron chi connectivity index (χ4n) is 5.21. The zero-order chi connectivity index (χ0) is 29.3.